The lowest BCUT2D eigenvalue weighted by Crippen LogP contribution is -2.03. The molecule has 0 saturated carbocycles. The predicted octanol–water partition coefficient (Wildman–Crippen LogP) is 8.27. The van der Waals surface area contributed by atoms with Gasteiger partial charge >= 0.3 is 0 Å². The van der Waals surface area contributed by atoms with E-state index >= 15 is 0 Å². The second kappa shape index (κ2) is 10.7. The summed E-state index contributed by atoms with van der Waals surface area (Å²) in [6.07, 6.45) is 2.08. The van der Waals surface area contributed by atoms with Crippen molar-refractivity contribution in [2.75, 3.05) is 13.7 Å². The highest BCUT2D eigenvalue weighted by Gasteiger charge is 2.19. The number of hydrogen-bond acceptors (Lipinski definition) is 2. The lowest BCUT2D eigenvalue weighted by molar-refractivity contribution is 0.310. The van der Waals surface area contributed by atoms with Gasteiger partial charge in [-0.25, -0.2) is 0 Å². The highest BCUT2D eigenvalue weighted by Crippen LogP contribution is 2.43. The van der Waals surface area contributed by atoms with Crippen LogP contribution in [0.3, 0.4) is 0 Å². The van der Waals surface area contributed by atoms with Gasteiger partial charge in [0, 0.05) is 22.3 Å². The van der Waals surface area contributed by atoms with Crippen LogP contribution in [-0.4, -0.2) is 13.7 Å². The second-order valence-electron chi connectivity index (χ2n) is 7.98. The molecule has 4 aromatic rings. The average molecular weight is 435 g/mol. The van der Waals surface area contributed by atoms with Crippen LogP contribution in [0.1, 0.15) is 30.9 Å². The smallest absolute Gasteiger partial charge is 0.134 e. The SMILES string of the molecule is C=C(c1cccc(-c2ccccc2)c1OC)c1cccc(-c2ccccc2)c1OCCCC. The van der Waals surface area contributed by atoms with E-state index in [1.807, 2.05) is 24.3 Å². The van der Waals surface area contributed by atoms with Crippen molar-refractivity contribution < 1.29 is 9.47 Å². The van der Waals surface area contributed by atoms with Crippen LogP contribution in [0.25, 0.3) is 27.8 Å². The lowest BCUT2D eigenvalue weighted by atomic mass is 9.91. The maximum atomic E-state index is 6.39. The molecule has 0 fully saturated rings. The molecule has 0 aromatic heterocycles. The fourth-order valence-corrected chi connectivity index (χ4v) is 4.08. The zero-order valence-electron chi connectivity index (χ0n) is 19.4. The van der Waals surface area contributed by atoms with Crippen molar-refractivity contribution in [2.45, 2.75) is 19.8 Å². The number of methoxy groups -OCH3 is 1. The molecule has 2 nitrogen and oxygen atoms in total. The molecule has 0 aliphatic heterocycles. The van der Waals surface area contributed by atoms with E-state index in [1.54, 1.807) is 7.11 Å². The first-order valence-corrected chi connectivity index (χ1v) is 11.5. The summed E-state index contributed by atoms with van der Waals surface area (Å²) in [5.41, 5.74) is 7.19. The molecule has 4 aromatic carbocycles. The van der Waals surface area contributed by atoms with Crippen LogP contribution >= 0.6 is 0 Å². The second-order valence-corrected chi connectivity index (χ2v) is 7.98. The highest BCUT2D eigenvalue weighted by molar-refractivity contribution is 5.91. The van der Waals surface area contributed by atoms with Crippen molar-refractivity contribution in [3.05, 3.63) is 115 Å². The zero-order chi connectivity index (χ0) is 23.0. The van der Waals surface area contributed by atoms with Crippen LogP contribution in [0.2, 0.25) is 0 Å². The molecule has 0 N–H and O–H groups in total. The van der Waals surface area contributed by atoms with E-state index in [0.717, 1.165) is 63.3 Å². The van der Waals surface area contributed by atoms with Gasteiger partial charge in [-0.05, 0) is 23.1 Å². The molecular weight excluding hydrogens is 404 g/mol. The fourth-order valence-electron chi connectivity index (χ4n) is 4.08. The first-order chi connectivity index (χ1) is 16.2. The molecule has 166 valence electrons. The monoisotopic (exact) mass is 434 g/mol. The summed E-state index contributed by atoms with van der Waals surface area (Å²) in [4.78, 5) is 0. The Kier molecular flexibility index (Phi) is 7.26. The first-order valence-electron chi connectivity index (χ1n) is 11.5. The van der Waals surface area contributed by atoms with Gasteiger partial charge < -0.3 is 9.47 Å². The van der Waals surface area contributed by atoms with Crippen molar-refractivity contribution in [1.82, 2.24) is 0 Å². The van der Waals surface area contributed by atoms with Crippen molar-refractivity contribution >= 4 is 5.57 Å². The number of unbranched alkanes of at least 4 members (excludes halogenated alkanes) is 1. The fraction of sp³-hybridized carbons (Fsp3) is 0.161. The first kappa shape index (κ1) is 22.4. The van der Waals surface area contributed by atoms with E-state index in [-0.39, 0.29) is 0 Å². The summed E-state index contributed by atoms with van der Waals surface area (Å²) >= 11 is 0. The van der Waals surface area contributed by atoms with E-state index in [0.29, 0.717) is 6.61 Å². The van der Waals surface area contributed by atoms with Crippen molar-refractivity contribution in [1.29, 1.82) is 0 Å². The normalized spacial score (nSPS) is 10.6. The largest absolute Gasteiger partial charge is 0.495 e. The standard InChI is InChI=1S/C31H30O2/c1-4-5-22-33-31-27(19-13-21-29(31)25-16-10-7-11-17-25)23(2)26-18-12-20-28(30(26)32-3)24-14-8-6-9-15-24/h6-21H,2,4-5,22H2,1,3H3. The maximum absolute atomic E-state index is 6.39. The van der Waals surface area contributed by atoms with Crippen LogP contribution in [0, 0.1) is 0 Å². The average Bonchev–Trinajstić information content (AvgIpc) is 2.89. The van der Waals surface area contributed by atoms with Gasteiger partial charge in [0.15, 0.2) is 0 Å². The summed E-state index contributed by atoms with van der Waals surface area (Å²) in [6.45, 7) is 7.34. The van der Waals surface area contributed by atoms with Crippen molar-refractivity contribution in [3.8, 4) is 33.8 Å². The van der Waals surface area contributed by atoms with Gasteiger partial charge in [-0.2, -0.15) is 0 Å². The summed E-state index contributed by atoms with van der Waals surface area (Å²) in [5, 5.41) is 0. The Morgan fingerprint density at radius 2 is 1.18 bits per heavy atom. The minimum Gasteiger partial charge on any atom is -0.495 e. The third kappa shape index (κ3) is 4.85. The molecule has 0 radical (unpaired) electrons. The minimum absolute atomic E-state index is 0.668. The van der Waals surface area contributed by atoms with Crippen molar-refractivity contribution in [3.63, 3.8) is 0 Å². The summed E-state index contributed by atoms with van der Waals surface area (Å²) in [7, 11) is 1.72. The third-order valence-electron chi connectivity index (χ3n) is 5.80. The number of benzene rings is 4. The molecule has 0 heterocycles. The molecular formula is C31H30O2. The minimum atomic E-state index is 0.668. The molecule has 0 aliphatic rings. The molecule has 33 heavy (non-hydrogen) atoms. The van der Waals surface area contributed by atoms with Gasteiger partial charge in [-0.15, -0.1) is 0 Å². The molecule has 0 unspecified atom stereocenters. The van der Waals surface area contributed by atoms with Crippen LogP contribution in [0.4, 0.5) is 0 Å². The molecule has 0 aliphatic carbocycles. The number of para-hydroxylation sites is 2. The number of rotatable bonds is 9. The van der Waals surface area contributed by atoms with E-state index in [1.165, 1.54) is 0 Å². The maximum Gasteiger partial charge on any atom is 0.134 e. The Balaban J connectivity index is 1.83. The molecule has 0 atom stereocenters. The Hall–Kier alpha value is -3.78. The Morgan fingerprint density at radius 3 is 1.70 bits per heavy atom. The Bertz CT molecular complexity index is 1210. The van der Waals surface area contributed by atoms with E-state index in [2.05, 4.69) is 86.3 Å². The van der Waals surface area contributed by atoms with Gasteiger partial charge in [0.2, 0.25) is 0 Å². The molecule has 2 heteroatoms. The third-order valence-corrected chi connectivity index (χ3v) is 5.80. The van der Waals surface area contributed by atoms with Gasteiger partial charge in [0.1, 0.15) is 11.5 Å². The Labute approximate surface area is 197 Å². The summed E-state index contributed by atoms with van der Waals surface area (Å²) < 4.78 is 12.3. The topological polar surface area (TPSA) is 18.5 Å². The quantitative estimate of drug-likeness (QED) is 0.247. The lowest BCUT2D eigenvalue weighted by Gasteiger charge is -2.20. The molecule has 0 bridgehead atoms. The Morgan fingerprint density at radius 1 is 0.667 bits per heavy atom. The van der Waals surface area contributed by atoms with Crippen LogP contribution in [0.15, 0.2) is 104 Å². The molecule has 0 saturated heterocycles. The predicted molar refractivity (Wildman–Crippen MR) is 139 cm³/mol. The molecule has 0 spiro atoms. The zero-order valence-corrected chi connectivity index (χ0v) is 19.4. The highest BCUT2D eigenvalue weighted by atomic mass is 16.5. The number of ether oxygens (including phenoxy) is 2. The van der Waals surface area contributed by atoms with E-state index in [4.69, 9.17) is 9.47 Å². The summed E-state index contributed by atoms with van der Waals surface area (Å²) in [6, 6.07) is 33.2. The van der Waals surface area contributed by atoms with Crippen LogP contribution < -0.4 is 9.47 Å². The van der Waals surface area contributed by atoms with Crippen LogP contribution in [-0.2, 0) is 0 Å². The van der Waals surface area contributed by atoms with Crippen LogP contribution in [0.5, 0.6) is 11.5 Å². The summed E-state index contributed by atoms with van der Waals surface area (Å²) in [5.74, 6) is 1.69. The number of hydrogen-bond donors (Lipinski definition) is 0. The van der Waals surface area contributed by atoms with Gasteiger partial charge in [-0.3, -0.25) is 0 Å². The molecule has 0 amide bonds. The molecule has 4 rings (SSSR count). The van der Waals surface area contributed by atoms with Gasteiger partial charge in [-0.1, -0.05) is 117 Å². The van der Waals surface area contributed by atoms with Crippen molar-refractivity contribution in [2.24, 2.45) is 0 Å². The van der Waals surface area contributed by atoms with Gasteiger partial charge in [0.05, 0.1) is 13.7 Å². The van der Waals surface area contributed by atoms with E-state index in [9.17, 15) is 0 Å². The van der Waals surface area contributed by atoms with Gasteiger partial charge in [0.25, 0.3) is 0 Å². The van der Waals surface area contributed by atoms with E-state index < -0.39 is 0 Å².